The van der Waals surface area contributed by atoms with E-state index in [1.807, 2.05) is 21.5 Å². The van der Waals surface area contributed by atoms with Gasteiger partial charge >= 0.3 is 0 Å². The standard InChI is InChI=1S/C10H7BrN4S2/c11-6-1-8-9(12-2-6)15(10(16)14-8)3-7-4-17-5-13-7/h1-2,4-5H,3H2,(H,14,16). The molecule has 0 aliphatic rings. The third kappa shape index (κ3) is 2.05. The highest BCUT2D eigenvalue weighted by Crippen LogP contribution is 2.18. The number of H-pyrrole nitrogens is 1. The lowest BCUT2D eigenvalue weighted by atomic mass is 10.4. The molecule has 0 aliphatic carbocycles. The predicted octanol–water partition coefficient (Wildman–Crippen LogP) is 3.36. The number of thiazole rings is 1. The lowest BCUT2D eigenvalue weighted by Crippen LogP contribution is -2.00. The fourth-order valence-corrected chi connectivity index (χ4v) is 2.78. The fraction of sp³-hybridized carbons (Fsp3) is 0.100. The van der Waals surface area contributed by atoms with Crippen molar-refractivity contribution in [2.75, 3.05) is 0 Å². The number of rotatable bonds is 2. The van der Waals surface area contributed by atoms with Crippen LogP contribution in [0.2, 0.25) is 0 Å². The monoisotopic (exact) mass is 326 g/mol. The third-order valence-corrected chi connectivity index (χ3v) is 3.77. The molecule has 3 heterocycles. The number of imidazole rings is 1. The van der Waals surface area contributed by atoms with Crippen molar-refractivity contribution in [3.05, 3.63) is 38.1 Å². The van der Waals surface area contributed by atoms with Crippen LogP contribution >= 0.6 is 39.5 Å². The van der Waals surface area contributed by atoms with Crippen molar-refractivity contribution in [2.24, 2.45) is 0 Å². The molecule has 17 heavy (non-hydrogen) atoms. The van der Waals surface area contributed by atoms with E-state index in [0.717, 1.165) is 21.3 Å². The predicted molar refractivity (Wildman–Crippen MR) is 73.8 cm³/mol. The number of hydrogen-bond acceptors (Lipinski definition) is 4. The molecule has 0 spiro atoms. The highest BCUT2D eigenvalue weighted by atomic mass is 79.9. The third-order valence-electron chi connectivity index (χ3n) is 2.38. The number of fused-ring (bicyclic) bond motifs is 1. The minimum atomic E-state index is 0.650. The van der Waals surface area contributed by atoms with Crippen molar-refractivity contribution in [3.8, 4) is 0 Å². The zero-order valence-corrected chi connectivity index (χ0v) is 11.8. The van der Waals surface area contributed by atoms with Gasteiger partial charge in [-0.25, -0.2) is 9.97 Å². The molecule has 0 aromatic carbocycles. The van der Waals surface area contributed by atoms with Gasteiger partial charge in [0.25, 0.3) is 0 Å². The number of aromatic nitrogens is 4. The summed E-state index contributed by atoms with van der Waals surface area (Å²) in [4.78, 5) is 11.8. The van der Waals surface area contributed by atoms with Crippen LogP contribution in [0.5, 0.6) is 0 Å². The summed E-state index contributed by atoms with van der Waals surface area (Å²) in [5.74, 6) is 0. The molecule has 0 fully saturated rings. The van der Waals surface area contributed by atoms with Gasteiger partial charge in [-0.3, -0.25) is 4.57 Å². The second-order valence-corrected chi connectivity index (χ2v) is 5.54. The second kappa shape index (κ2) is 4.32. The number of nitrogens with one attached hydrogen (secondary N) is 1. The summed E-state index contributed by atoms with van der Waals surface area (Å²) in [6.45, 7) is 0.650. The minimum Gasteiger partial charge on any atom is -0.329 e. The smallest absolute Gasteiger partial charge is 0.179 e. The molecule has 0 radical (unpaired) electrons. The lowest BCUT2D eigenvalue weighted by molar-refractivity contribution is 0.782. The largest absolute Gasteiger partial charge is 0.329 e. The maximum absolute atomic E-state index is 5.30. The first-order chi connectivity index (χ1) is 8.24. The Balaban J connectivity index is 2.16. The van der Waals surface area contributed by atoms with Crippen LogP contribution in [0.3, 0.4) is 0 Å². The van der Waals surface area contributed by atoms with E-state index in [1.165, 1.54) is 0 Å². The maximum atomic E-state index is 5.30. The Morgan fingerprint density at radius 3 is 3.12 bits per heavy atom. The molecule has 86 valence electrons. The Bertz CT molecular complexity index is 714. The molecule has 0 saturated heterocycles. The Kier molecular flexibility index (Phi) is 2.81. The molecule has 0 bridgehead atoms. The molecular weight excluding hydrogens is 320 g/mol. The van der Waals surface area contributed by atoms with Crippen molar-refractivity contribution in [1.82, 2.24) is 19.5 Å². The van der Waals surface area contributed by atoms with E-state index in [-0.39, 0.29) is 0 Å². The van der Waals surface area contributed by atoms with Gasteiger partial charge in [0.2, 0.25) is 0 Å². The van der Waals surface area contributed by atoms with Crippen molar-refractivity contribution >= 4 is 50.6 Å². The van der Waals surface area contributed by atoms with Crippen LogP contribution in [0.4, 0.5) is 0 Å². The minimum absolute atomic E-state index is 0.650. The Hall–Kier alpha value is -1.05. The van der Waals surface area contributed by atoms with Gasteiger partial charge in [-0.2, -0.15) is 0 Å². The van der Waals surface area contributed by atoms with E-state index >= 15 is 0 Å². The van der Waals surface area contributed by atoms with E-state index in [1.54, 1.807) is 17.5 Å². The Morgan fingerprint density at radius 2 is 2.35 bits per heavy atom. The van der Waals surface area contributed by atoms with Gasteiger partial charge in [0.15, 0.2) is 10.4 Å². The summed E-state index contributed by atoms with van der Waals surface area (Å²) in [6, 6.07) is 1.97. The maximum Gasteiger partial charge on any atom is 0.179 e. The summed E-state index contributed by atoms with van der Waals surface area (Å²) >= 11 is 10.3. The summed E-state index contributed by atoms with van der Waals surface area (Å²) in [7, 11) is 0. The van der Waals surface area contributed by atoms with Crippen LogP contribution in [-0.4, -0.2) is 19.5 Å². The van der Waals surface area contributed by atoms with Crippen LogP contribution in [0, 0.1) is 4.77 Å². The molecular formula is C10H7BrN4S2. The zero-order valence-electron chi connectivity index (χ0n) is 8.55. The molecule has 0 saturated carbocycles. The highest BCUT2D eigenvalue weighted by molar-refractivity contribution is 9.10. The SMILES string of the molecule is S=c1[nH]c2cc(Br)cnc2n1Cc1cscn1. The summed E-state index contributed by atoms with van der Waals surface area (Å²) in [6.07, 6.45) is 1.77. The lowest BCUT2D eigenvalue weighted by Gasteiger charge is -2.00. The number of halogens is 1. The van der Waals surface area contributed by atoms with E-state index in [4.69, 9.17) is 12.2 Å². The van der Waals surface area contributed by atoms with Crippen LogP contribution in [0.15, 0.2) is 27.6 Å². The molecule has 3 aromatic rings. The number of nitrogens with zero attached hydrogens (tertiary/aromatic N) is 3. The summed E-state index contributed by atoms with van der Waals surface area (Å²) in [5.41, 5.74) is 4.60. The first-order valence-corrected chi connectivity index (χ1v) is 6.99. The molecule has 7 heteroatoms. The average Bonchev–Trinajstić information content (AvgIpc) is 2.88. The van der Waals surface area contributed by atoms with Gasteiger partial charge < -0.3 is 4.98 Å². The second-order valence-electron chi connectivity index (χ2n) is 3.52. The molecule has 0 unspecified atom stereocenters. The molecule has 3 rings (SSSR count). The van der Waals surface area contributed by atoms with Crippen LogP contribution in [0.1, 0.15) is 5.69 Å². The van der Waals surface area contributed by atoms with Crippen LogP contribution in [0.25, 0.3) is 11.2 Å². The van der Waals surface area contributed by atoms with Gasteiger partial charge in [0.1, 0.15) is 0 Å². The highest BCUT2D eigenvalue weighted by Gasteiger charge is 2.07. The molecule has 0 aliphatic heterocycles. The summed E-state index contributed by atoms with van der Waals surface area (Å²) < 4.78 is 3.55. The Labute approximate surface area is 114 Å². The van der Waals surface area contributed by atoms with Crippen molar-refractivity contribution in [3.63, 3.8) is 0 Å². The topological polar surface area (TPSA) is 46.5 Å². The number of aromatic amines is 1. The first kappa shape index (κ1) is 11.1. The zero-order chi connectivity index (χ0) is 11.8. The van der Waals surface area contributed by atoms with Gasteiger partial charge in [-0.1, -0.05) is 0 Å². The van der Waals surface area contributed by atoms with Crippen LogP contribution in [-0.2, 0) is 6.54 Å². The van der Waals surface area contributed by atoms with Crippen molar-refractivity contribution < 1.29 is 0 Å². The number of pyridine rings is 1. The molecule has 4 nitrogen and oxygen atoms in total. The van der Waals surface area contributed by atoms with Gasteiger partial charge in [-0.05, 0) is 34.2 Å². The van der Waals surface area contributed by atoms with Gasteiger partial charge in [0, 0.05) is 16.0 Å². The van der Waals surface area contributed by atoms with Crippen LogP contribution < -0.4 is 0 Å². The van der Waals surface area contributed by atoms with E-state index in [0.29, 0.717) is 11.3 Å². The van der Waals surface area contributed by atoms with Gasteiger partial charge in [0.05, 0.1) is 23.3 Å². The van der Waals surface area contributed by atoms with E-state index in [9.17, 15) is 0 Å². The van der Waals surface area contributed by atoms with Crippen molar-refractivity contribution in [2.45, 2.75) is 6.54 Å². The Morgan fingerprint density at radius 1 is 1.47 bits per heavy atom. The molecule has 3 aromatic heterocycles. The summed E-state index contributed by atoms with van der Waals surface area (Å²) in [5, 5.41) is 2.01. The normalized spacial score (nSPS) is 11.1. The fourth-order valence-electron chi connectivity index (χ4n) is 1.64. The average molecular weight is 327 g/mol. The molecule has 0 amide bonds. The number of hydrogen-bond donors (Lipinski definition) is 1. The van der Waals surface area contributed by atoms with Crippen molar-refractivity contribution in [1.29, 1.82) is 0 Å². The molecule has 0 atom stereocenters. The van der Waals surface area contributed by atoms with E-state index < -0.39 is 0 Å². The van der Waals surface area contributed by atoms with E-state index in [2.05, 4.69) is 30.9 Å². The molecule has 1 N–H and O–H groups in total. The first-order valence-electron chi connectivity index (χ1n) is 4.85. The van der Waals surface area contributed by atoms with Gasteiger partial charge in [-0.15, -0.1) is 11.3 Å². The quantitative estimate of drug-likeness (QED) is 0.734.